The molecule has 0 bridgehead atoms. The zero-order chi connectivity index (χ0) is 12.5. The van der Waals surface area contributed by atoms with E-state index in [2.05, 4.69) is 38.3 Å². The molecule has 0 amide bonds. The predicted molar refractivity (Wildman–Crippen MR) is 76.5 cm³/mol. The molecule has 0 unspecified atom stereocenters. The Morgan fingerprint density at radius 2 is 1.83 bits per heavy atom. The van der Waals surface area contributed by atoms with Crippen molar-refractivity contribution in [3.8, 4) is 0 Å². The standard InChI is InChI=1S/C12H15.C5H5.Fe/c1-4-6-11-7-5-8-12(11)9-10(2)3;1-2-4-5-3-1;/h4-5,7-8H,1-2,6,9H2,3H3;1-5H;/q-1;-5;. The van der Waals surface area contributed by atoms with Gasteiger partial charge in [0, 0.05) is 17.1 Å². The van der Waals surface area contributed by atoms with E-state index in [-0.39, 0.29) is 17.1 Å². The summed E-state index contributed by atoms with van der Waals surface area (Å²) in [6, 6.07) is 16.4. The summed E-state index contributed by atoms with van der Waals surface area (Å²) < 4.78 is 0. The Bertz CT molecular complexity index is 415. The molecule has 0 saturated carbocycles. The van der Waals surface area contributed by atoms with Gasteiger partial charge in [-0.25, -0.2) is 12.1 Å². The molecular formula is C17H20Fe-6. The van der Waals surface area contributed by atoms with E-state index < -0.39 is 0 Å². The van der Waals surface area contributed by atoms with Crippen molar-refractivity contribution in [2.75, 3.05) is 0 Å². The van der Waals surface area contributed by atoms with Crippen molar-refractivity contribution in [2.45, 2.75) is 19.8 Å². The van der Waals surface area contributed by atoms with Crippen LogP contribution in [0.5, 0.6) is 0 Å². The molecule has 0 atom stereocenters. The maximum absolute atomic E-state index is 3.91. The Morgan fingerprint density at radius 3 is 2.28 bits per heavy atom. The molecular weight excluding hydrogens is 260 g/mol. The van der Waals surface area contributed by atoms with E-state index in [0.29, 0.717) is 0 Å². The Kier molecular flexibility index (Phi) is 9.00. The molecule has 0 saturated heterocycles. The zero-order valence-electron chi connectivity index (χ0n) is 10.9. The monoisotopic (exact) mass is 280 g/mol. The second-order valence-electron chi connectivity index (χ2n) is 4.17. The molecule has 0 fully saturated rings. The van der Waals surface area contributed by atoms with E-state index in [1.165, 1.54) is 16.7 Å². The molecule has 0 radical (unpaired) electrons. The Hall–Kier alpha value is -1.30. The third-order valence-electron chi connectivity index (χ3n) is 2.42. The number of allylic oxidation sites excluding steroid dienone is 2. The molecule has 1 heteroatoms. The summed E-state index contributed by atoms with van der Waals surface area (Å²) in [6.45, 7) is 9.70. The first-order chi connectivity index (χ1) is 8.24. The van der Waals surface area contributed by atoms with Gasteiger partial charge < -0.3 is 30.3 Å². The molecule has 0 spiro atoms. The van der Waals surface area contributed by atoms with Gasteiger partial charge in [-0.2, -0.15) is 17.2 Å². The zero-order valence-corrected chi connectivity index (χ0v) is 12.0. The first-order valence-electron chi connectivity index (χ1n) is 5.89. The van der Waals surface area contributed by atoms with Gasteiger partial charge in [0.2, 0.25) is 0 Å². The van der Waals surface area contributed by atoms with Crippen LogP contribution in [0, 0.1) is 0 Å². The fourth-order valence-electron chi connectivity index (χ4n) is 1.67. The van der Waals surface area contributed by atoms with Crippen LogP contribution in [0.3, 0.4) is 0 Å². The first kappa shape index (κ1) is 16.7. The van der Waals surface area contributed by atoms with Gasteiger partial charge in [0.25, 0.3) is 0 Å². The molecule has 2 aromatic carbocycles. The van der Waals surface area contributed by atoms with E-state index in [1.807, 2.05) is 36.4 Å². The minimum absolute atomic E-state index is 0. The summed E-state index contributed by atoms with van der Waals surface area (Å²) in [4.78, 5) is 0. The fourth-order valence-corrected chi connectivity index (χ4v) is 1.67. The average Bonchev–Trinajstić information content (AvgIpc) is 2.92. The van der Waals surface area contributed by atoms with Gasteiger partial charge in [0.15, 0.2) is 0 Å². The maximum Gasteiger partial charge on any atom is 0 e. The van der Waals surface area contributed by atoms with Crippen molar-refractivity contribution in [1.82, 2.24) is 0 Å². The Balaban J connectivity index is 0.000000405. The van der Waals surface area contributed by atoms with E-state index >= 15 is 0 Å². The fraction of sp³-hybridized carbons (Fsp3) is 0.176. The van der Waals surface area contributed by atoms with Crippen LogP contribution in [0.4, 0.5) is 0 Å². The molecule has 18 heavy (non-hydrogen) atoms. The summed E-state index contributed by atoms with van der Waals surface area (Å²) >= 11 is 0. The van der Waals surface area contributed by atoms with Crippen molar-refractivity contribution in [3.05, 3.63) is 84.5 Å². The molecule has 0 nitrogen and oxygen atoms in total. The van der Waals surface area contributed by atoms with Crippen LogP contribution >= 0.6 is 0 Å². The molecule has 102 valence electrons. The van der Waals surface area contributed by atoms with Crippen LogP contribution in [0.25, 0.3) is 0 Å². The maximum atomic E-state index is 3.91. The van der Waals surface area contributed by atoms with Crippen LogP contribution in [0.2, 0.25) is 0 Å². The summed E-state index contributed by atoms with van der Waals surface area (Å²) in [6.07, 6.45) is 3.91. The van der Waals surface area contributed by atoms with Crippen molar-refractivity contribution in [1.29, 1.82) is 0 Å². The van der Waals surface area contributed by atoms with Crippen LogP contribution in [0.1, 0.15) is 18.1 Å². The molecule has 0 aliphatic heterocycles. The third-order valence-corrected chi connectivity index (χ3v) is 2.42. The summed E-state index contributed by atoms with van der Waals surface area (Å²) in [5.74, 6) is 0. The van der Waals surface area contributed by atoms with Gasteiger partial charge in [0.05, 0.1) is 0 Å². The van der Waals surface area contributed by atoms with Crippen molar-refractivity contribution in [3.63, 3.8) is 0 Å². The Morgan fingerprint density at radius 1 is 1.28 bits per heavy atom. The molecule has 0 aromatic heterocycles. The van der Waals surface area contributed by atoms with E-state index in [0.717, 1.165) is 12.8 Å². The van der Waals surface area contributed by atoms with Crippen LogP contribution in [0.15, 0.2) is 73.3 Å². The van der Waals surface area contributed by atoms with E-state index in [1.54, 1.807) is 0 Å². The van der Waals surface area contributed by atoms with Gasteiger partial charge in [0.1, 0.15) is 0 Å². The minimum atomic E-state index is 0. The quantitative estimate of drug-likeness (QED) is 0.434. The van der Waals surface area contributed by atoms with E-state index in [9.17, 15) is 0 Å². The molecule has 0 heterocycles. The topological polar surface area (TPSA) is 0 Å². The molecule has 2 rings (SSSR count). The van der Waals surface area contributed by atoms with Crippen LogP contribution in [-0.2, 0) is 29.9 Å². The number of rotatable bonds is 4. The molecule has 0 aliphatic rings. The predicted octanol–water partition coefficient (Wildman–Crippen LogP) is 4.66. The second-order valence-corrected chi connectivity index (χ2v) is 4.17. The number of hydrogen-bond acceptors (Lipinski definition) is 0. The van der Waals surface area contributed by atoms with Crippen molar-refractivity contribution in [2.24, 2.45) is 0 Å². The van der Waals surface area contributed by atoms with Gasteiger partial charge in [-0.3, -0.25) is 0 Å². The van der Waals surface area contributed by atoms with Crippen molar-refractivity contribution >= 4 is 0 Å². The summed E-state index contributed by atoms with van der Waals surface area (Å²) in [5.41, 5.74) is 3.99. The third kappa shape index (κ3) is 6.44. The minimum Gasteiger partial charge on any atom is -0.748 e. The smallest absolute Gasteiger partial charge is 0 e. The molecule has 2 aromatic rings. The van der Waals surface area contributed by atoms with Gasteiger partial charge in [-0.05, 0) is 13.3 Å². The first-order valence-corrected chi connectivity index (χ1v) is 5.89. The van der Waals surface area contributed by atoms with Crippen molar-refractivity contribution < 1.29 is 17.1 Å². The number of hydrogen-bond donors (Lipinski definition) is 0. The normalized spacial score (nSPS) is 8.72. The molecule has 0 aliphatic carbocycles. The van der Waals surface area contributed by atoms with E-state index in [4.69, 9.17) is 0 Å². The second kappa shape index (κ2) is 9.70. The average molecular weight is 280 g/mol. The van der Waals surface area contributed by atoms with Gasteiger partial charge in [-0.1, -0.05) is 24.6 Å². The Labute approximate surface area is 121 Å². The van der Waals surface area contributed by atoms with Crippen LogP contribution < -0.4 is 0 Å². The summed E-state index contributed by atoms with van der Waals surface area (Å²) in [7, 11) is 0. The van der Waals surface area contributed by atoms with Crippen LogP contribution in [-0.4, -0.2) is 0 Å². The molecule has 0 N–H and O–H groups in total. The van der Waals surface area contributed by atoms with Gasteiger partial charge in [-0.15, -0.1) is 6.58 Å². The largest absolute Gasteiger partial charge is 0.748 e. The SMILES string of the molecule is C=CC[c-]1cccc1CC(=C)C.[Fe].[cH-]1[cH-][cH-][cH-][cH-]1. The summed E-state index contributed by atoms with van der Waals surface area (Å²) in [5, 5.41) is 0. The van der Waals surface area contributed by atoms with Gasteiger partial charge >= 0.3 is 0 Å².